The first-order valence-electron chi connectivity index (χ1n) is 10.7. The molecule has 2 aromatic heterocycles. The molecule has 1 amide bonds. The lowest BCUT2D eigenvalue weighted by atomic mass is 9.93. The molecule has 0 radical (unpaired) electrons. The number of ether oxygens (including phenoxy) is 1. The second kappa shape index (κ2) is 10.1. The molecular weight excluding hydrogens is 411 g/mol. The number of nitrogens with one attached hydrogen (secondary N) is 1. The highest BCUT2D eigenvalue weighted by Gasteiger charge is 2.30. The van der Waals surface area contributed by atoms with Gasteiger partial charge in [-0.15, -0.1) is 0 Å². The Morgan fingerprint density at radius 2 is 1.94 bits per heavy atom. The van der Waals surface area contributed by atoms with E-state index in [4.69, 9.17) is 4.74 Å². The Morgan fingerprint density at radius 1 is 1.16 bits per heavy atom. The Hall–Kier alpha value is -3.62. The van der Waals surface area contributed by atoms with Crippen molar-refractivity contribution in [2.24, 2.45) is 0 Å². The van der Waals surface area contributed by atoms with Crippen molar-refractivity contribution in [1.82, 2.24) is 24.8 Å². The number of halogens is 1. The van der Waals surface area contributed by atoms with Gasteiger partial charge in [0, 0.05) is 37.6 Å². The summed E-state index contributed by atoms with van der Waals surface area (Å²) < 4.78 is 19.6. The van der Waals surface area contributed by atoms with E-state index in [2.05, 4.69) is 25.3 Å². The zero-order chi connectivity index (χ0) is 22.3. The predicted molar refractivity (Wildman–Crippen MR) is 117 cm³/mol. The second-order valence-corrected chi connectivity index (χ2v) is 7.59. The van der Waals surface area contributed by atoms with Crippen LogP contribution in [0.4, 0.5) is 16.0 Å². The summed E-state index contributed by atoms with van der Waals surface area (Å²) >= 11 is 0. The van der Waals surface area contributed by atoms with Gasteiger partial charge in [0.2, 0.25) is 0 Å². The Labute approximate surface area is 185 Å². The summed E-state index contributed by atoms with van der Waals surface area (Å²) in [5.41, 5.74) is 0.876. The molecule has 1 atom stereocenters. The minimum absolute atomic E-state index is 0.102. The third-order valence-corrected chi connectivity index (χ3v) is 5.45. The molecule has 1 N–H and O–H groups in total. The third-order valence-electron chi connectivity index (χ3n) is 5.45. The van der Waals surface area contributed by atoms with Crippen LogP contribution in [0.5, 0.6) is 5.75 Å². The SMILES string of the molecule is CC[C@H](Oc1ccccc1F)C(=O)N1CCC(c2cncc(Nc3cnccn3)n2)CC1. The zero-order valence-corrected chi connectivity index (χ0v) is 17.8. The van der Waals surface area contributed by atoms with Crippen LogP contribution in [0.2, 0.25) is 0 Å². The average molecular weight is 436 g/mol. The Morgan fingerprint density at radius 3 is 2.66 bits per heavy atom. The fourth-order valence-electron chi connectivity index (χ4n) is 3.73. The van der Waals surface area contributed by atoms with Crippen LogP contribution in [-0.4, -0.2) is 49.9 Å². The van der Waals surface area contributed by atoms with Crippen LogP contribution in [0.1, 0.15) is 37.8 Å². The van der Waals surface area contributed by atoms with E-state index in [1.165, 1.54) is 12.1 Å². The summed E-state index contributed by atoms with van der Waals surface area (Å²) in [5.74, 6) is 0.919. The maximum absolute atomic E-state index is 13.9. The van der Waals surface area contributed by atoms with Crippen molar-refractivity contribution in [3.63, 3.8) is 0 Å². The van der Waals surface area contributed by atoms with Crippen molar-refractivity contribution in [3.8, 4) is 5.75 Å². The van der Waals surface area contributed by atoms with Gasteiger partial charge in [-0.25, -0.2) is 14.4 Å². The lowest BCUT2D eigenvalue weighted by molar-refractivity contribution is -0.140. The first-order valence-corrected chi connectivity index (χ1v) is 10.7. The van der Waals surface area contributed by atoms with Gasteiger partial charge < -0.3 is 15.0 Å². The molecule has 0 spiro atoms. The number of carbonyl (C=O) groups excluding carboxylic acids is 1. The molecule has 1 fully saturated rings. The van der Waals surface area contributed by atoms with Gasteiger partial charge in [0.1, 0.15) is 11.6 Å². The molecule has 4 rings (SSSR count). The van der Waals surface area contributed by atoms with E-state index < -0.39 is 11.9 Å². The number of para-hydroxylation sites is 1. The number of likely N-dealkylation sites (tertiary alicyclic amines) is 1. The summed E-state index contributed by atoms with van der Waals surface area (Å²) in [4.78, 5) is 31.9. The number of aromatic nitrogens is 4. The number of benzene rings is 1. The fourth-order valence-corrected chi connectivity index (χ4v) is 3.73. The van der Waals surface area contributed by atoms with Gasteiger partial charge in [-0.3, -0.25) is 14.8 Å². The summed E-state index contributed by atoms with van der Waals surface area (Å²) in [7, 11) is 0. The third kappa shape index (κ3) is 5.16. The lowest BCUT2D eigenvalue weighted by Gasteiger charge is -2.33. The van der Waals surface area contributed by atoms with Crippen LogP contribution >= 0.6 is 0 Å². The van der Waals surface area contributed by atoms with Gasteiger partial charge in [0.05, 0.1) is 18.1 Å². The van der Waals surface area contributed by atoms with Gasteiger partial charge in [-0.2, -0.15) is 0 Å². The van der Waals surface area contributed by atoms with Crippen LogP contribution < -0.4 is 10.1 Å². The Bertz CT molecular complexity index is 1040. The van der Waals surface area contributed by atoms with Gasteiger partial charge in [-0.05, 0) is 31.4 Å². The number of carbonyl (C=O) groups is 1. The largest absolute Gasteiger partial charge is 0.478 e. The molecule has 0 aliphatic carbocycles. The molecule has 1 saturated heterocycles. The Balaban J connectivity index is 1.36. The molecule has 9 heteroatoms. The smallest absolute Gasteiger partial charge is 0.263 e. The van der Waals surface area contributed by atoms with Crippen molar-refractivity contribution in [2.45, 2.75) is 38.2 Å². The van der Waals surface area contributed by atoms with Crippen molar-refractivity contribution in [1.29, 1.82) is 0 Å². The minimum atomic E-state index is -0.706. The van der Waals surface area contributed by atoms with Crippen molar-refractivity contribution < 1.29 is 13.9 Å². The first kappa shape index (κ1) is 21.6. The average Bonchev–Trinajstić information content (AvgIpc) is 2.84. The molecule has 8 nitrogen and oxygen atoms in total. The number of piperidine rings is 1. The van der Waals surface area contributed by atoms with Crippen LogP contribution in [0.15, 0.2) is 55.2 Å². The van der Waals surface area contributed by atoms with E-state index >= 15 is 0 Å². The normalized spacial score (nSPS) is 15.2. The van der Waals surface area contributed by atoms with Crippen LogP contribution in [0, 0.1) is 5.82 Å². The molecule has 1 aromatic carbocycles. The Kier molecular flexibility index (Phi) is 6.84. The van der Waals surface area contributed by atoms with Gasteiger partial charge in [0.25, 0.3) is 5.91 Å². The topological polar surface area (TPSA) is 93.1 Å². The minimum Gasteiger partial charge on any atom is -0.478 e. The maximum Gasteiger partial charge on any atom is 0.263 e. The highest BCUT2D eigenvalue weighted by Crippen LogP contribution is 2.28. The summed E-state index contributed by atoms with van der Waals surface area (Å²) in [6.07, 6.45) is 9.53. The van der Waals surface area contributed by atoms with Gasteiger partial charge in [-0.1, -0.05) is 19.1 Å². The molecule has 3 aromatic rings. The number of rotatable bonds is 7. The molecular formula is C23H25FN6O2. The van der Waals surface area contributed by atoms with E-state index in [-0.39, 0.29) is 17.6 Å². The lowest BCUT2D eigenvalue weighted by Crippen LogP contribution is -2.45. The molecule has 0 saturated carbocycles. The first-order chi connectivity index (χ1) is 15.6. The molecule has 1 aliphatic heterocycles. The summed E-state index contributed by atoms with van der Waals surface area (Å²) in [5, 5.41) is 3.10. The van der Waals surface area contributed by atoms with Crippen LogP contribution in [-0.2, 0) is 4.79 Å². The second-order valence-electron chi connectivity index (χ2n) is 7.59. The fraction of sp³-hybridized carbons (Fsp3) is 0.348. The molecule has 166 valence electrons. The maximum atomic E-state index is 13.9. The quantitative estimate of drug-likeness (QED) is 0.603. The van der Waals surface area contributed by atoms with E-state index in [0.717, 1.165) is 18.5 Å². The predicted octanol–water partition coefficient (Wildman–Crippen LogP) is 3.71. The summed E-state index contributed by atoms with van der Waals surface area (Å²) in [6, 6.07) is 6.15. The molecule has 32 heavy (non-hydrogen) atoms. The van der Waals surface area contributed by atoms with Crippen molar-refractivity contribution in [2.75, 3.05) is 18.4 Å². The number of hydrogen-bond acceptors (Lipinski definition) is 7. The highest BCUT2D eigenvalue weighted by molar-refractivity contribution is 5.81. The van der Waals surface area contributed by atoms with Crippen LogP contribution in [0.3, 0.4) is 0 Å². The number of hydrogen-bond donors (Lipinski definition) is 1. The van der Waals surface area contributed by atoms with Crippen LogP contribution in [0.25, 0.3) is 0 Å². The van der Waals surface area contributed by atoms with E-state index in [1.54, 1.807) is 48.0 Å². The van der Waals surface area contributed by atoms with Gasteiger partial charge >= 0.3 is 0 Å². The van der Waals surface area contributed by atoms with E-state index in [1.807, 2.05) is 6.92 Å². The summed E-state index contributed by atoms with van der Waals surface area (Å²) in [6.45, 7) is 3.04. The number of anilines is 2. The number of amides is 1. The molecule has 1 aliphatic rings. The van der Waals surface area contributed by atoms with Crippen molar-refractivity contribution >= 4 is 17.5 Å². The number of nitrogens with zero attached hydrogens (tertiary/aromatic N) is 5. The van der Waals surface area contributed by atoms with Crippen molar-refractivity contribution in [3.05, 3.63) is 66.8 Å². The monoisotopic (exact) mass is 436 g/mol. The van der Waals surface area contributed by atoms with E-state index in [9.17, 15) is 9.18 Å². The van der Waals surface area contributed by atoms with E-state index in [0.29, 0.717) is 31.1 Å². The van der Waals surface area contributed by atoms with Gasteiger partial charge in [0.15, 0.2) is 17.7 Å². The zero-order valence-electron chi connectivity index (χ0n) is 17.8. The molecule has 0 unspecified atom stereocenters. The standard InChI is InChI=1S/C23H25FN6O2/c1-2-19(32-20-6-4-3-5-17(20)24)23(31)30-11-7-16(8-12-30)18-13-26-15-22(28-18)29-21-14-25-9-10-27-21/h3-6,9-10,13-16,19H,2,7-8,11-12H2,1H3,(H,27,28,29)/t19-/m0/s1. The molecule has 0 bridgehead atoms. The molecule has 3 heterocycles. The highest BCUT2D eigenvalue weighted by atomic mass is 19.1.